The molecule has 0 amide bonds. The van der Waals surface area contributed by atoms with Crippen LogP contribution in [0.2, 0.25) is 0 Å². The molecule has 0 aliphatic carbocycles. The third kappa shape index (κ3) is 6.78. The van der Waals surface area contributed by atoms with E-state index in [1.54, 1.807) is 0 Å². The van der Waals surface area contributed by atoms with Crippen LogP contribution < -0.4 is 5.73 Å². The van der Waals surface area contributed by atoms with Gasteiger partial charge in [-0.25, -0.2) is 4.79 Å². The Kier molecular flexibility index (Phi) is 8.56. The summed E-state index contributed by atoms with van der Waals surface area (Å²) in [6.45, 7) is 3.09. The Morgan fingerprint density at radius 3 is 1.94 bits per heavy atom. The highest BCUT2D eigenvalue weighted by molar-refractivity contribution is 5.89. The van der Waals surface area contributed by atoms with E-state index in [1.807, 2.05) is 48.5 Å². The molecular formula is C27H29N3O2. The van der Waals surface area contributed by atoms with E-state index in [9.17, 15) is 4.79 Å². The predicted octanol–water partition coefficient (Wildman–Crippen LogP) is 4.44. The molecule has 32 heavy (non-hydrogen) atoms. The van der Waals surface area contributed by atoms with Crippen molar-refractivity contribution in [2.45, 2.75) is 32.5 Å². The Bertz CT molecular complexity index is 1040. The predicted molar refractivity (Wildman–Crippen MR) is 126 cm³/mol. The maximum absolute atomic E-state index is 11.7. The van der Waals surface area contributed by atoms with Gasteiger partial charge in [0.2, 0.25) is 0 Å². The zero-order valence-electron chi connectivity index (χ0n) is 18.5. The monoisotopic (exact) mass is 427 g/mol. The smallest absolute Gasteiger partial charge is 0.337 e. The number of carbonyl (C=O) groups is 1. The van der Waals surface area contributed by atoms with Crippen LogP contribution in [0.4, 0.5) is 0 Å². The van der Waals surface area contributed by atoms with Crippen molar-refractivity contribution in [1.82, 2.24) is 4.90 Å². The van der Waals surface area contributed by atoms with E-state index in [0.717, 1.165) is 43.6 Å². The van der Waals surface area contributed by atoms with E-state index in [4.69, 9.17) is 15.7 Å². The fourth-order valence-corrected chi connectivity index (χ4v) is 3.63. The lowest BCUT2D eigenvalue weighted by Crippen LogP contribution is -2.24. The quantitative estimate of drug-likeness (QED) is 0.484. The number of rotatable bonds is 10. The van der Waals surface area contributed by atoms with E-state index < -0.39 is 0 Å². The lowest BCUT2D eigenvalue weighted by Gasteiger charge is -2.23. The number of hydrogen-bond donors (Lipinski definition) is 1. The first kappa shape index (κ1) is 23.2. The molecule has 0 bridgehead atoms. The van der Waals surface area contributed by atoms with Gasteiger partial charge in [-0.15, -0.1) is 0 Å². The van der Waals surface area contributed by atoms with Crippen LogP contribution in [0.1, 0.15) is 44.6 Å². The highest BCUT2D eigenvalue weighted by atomic mass is 16.5. The highest BCUT2D eigenvalue weighted by Crippen LogP contribution is 2.15. The molecule has 0 saturated carbocycles. The van der Waals surface area contributed by atoms with Gasteiger partial charge in [-0.05, 0) is 65.9 Å². The summed E-state index contributed by atoms with van der Waals surface area (Å²) in [5.74, 6) is -0.323. The Labute approximate surface area is 190 Å². The second kappa shape index (κ2) is 11.8. The van der Waals surface area contributed by atoms with Crippen LogP contribution in [0.5, 0.6) is 0 Å². The summed E-state index contributed by atoms with van der Waals surface area (Å²) >= 11 is 0. The van der Waals surface area contributed by atoms with Gasteiger partial charge in [0.05, 0.1) is 24.3 Å². The number of carbonyl (C=O) groups excluding carboxylic acids is 1. The van der Waals surface area contributed by atoms with Gasteiger partial charge in [-0.2, -0.15) is 5.26 Å². The average molecular weight is 428 g/mol. The summed E-state index contributed by atoms with van der Waals surface area (Å²) < 4.78 is 4.79. The van der Waals surface area contributed by atoms with E-state index in [2.05, 4.69) is 35.2 Å². The number of aryl methyl sites for hydroxylation is 1. The van der Waals surface area contributed by atoms with E-state index in [-0.39, 0.29) is 5.97 Å². The molecule has 0 spiro atoms. The molecule has 3 aromatic carbocycles. The number of methoxy groups -OCH3 is 1. The van der Waals surface area contributed by atoms with Crippen molar-refractivity contribution in [3.63, 3.8) is 0 Å². The maximum atomic E-state index is 11.7. The molecule has 164 valence electrons. The van der Waals surface area contributed by atoms with Crippen LogP contribution in [0, 0.1) is 11.3 Å². The number of nitrogens with two attached hydrogens (primary N) is 1. The Morgan fingerprint density at radius 2 is 1.41 bits per heavy atom. The number of ether oxygens (including phenoxy) is 1. The molecule has 0 aromatic heterocycles. The molecule has 0 aliphatic heterocycles. The third-order valence-corrected chi connectivity index (χ3v) is 5.47. The van der Waals surface area contributed by atoms with Crippen LogP contribution in [0.15, 0.2) is 72.8 Å². The summed E-state index contributed by atoms with van der Waals surface area (Å²) in [6.07, 6.45) is 1.96. The van der Waals surface area contributed by atoms with Gasteiger partial charge in [0, 0.05) is 19.6 Å². The van der Waals surface area contributed by atoms with Crippen molar-refractivity contribution < 1.29 is 9.53 Å². The molecule has 2 N–H and O–H groups in total. The maximum Gasteiger partial charge on any atom is 0.337 e. The average Bonchev–Trinajstić information content (AvgIpc) is 2.85. The van der Waals surface area contributed by atoms with Gasteiger partial charge in [-0.1, -0.05) is 48.5 Å². The summed E-state index contributed by atoms with van der Waals surface area (Å²) in [7, 11) is 1.39. The first-order chi connectivity index (χ1) is 15.6. The molecule has 0 atom stereocenters. The minimum Gasteiger partial charge on any atom is -0.465 e. The zero-order chi connectivity index (χ0) is 22.8. The van der Waals surface area contributed by atoms with Crippen molar-refractivity contribution in [2.75, 3.05) is 13.7 Å². The molecule has 0 saturated heterocycles. The zero-order valence-corrected chi connectivity index (χ0v) is 18.5. The van der Waals surface area contributed by atoms with Crippen molar-refractivity contribution in [3.05, 3.63) is 106 Å². The minimum atomic E-state index is -0.323. The summed E-state index contributed by atoms with van der Waals surface area (Å²) in [4.78, 5) is 14.1. The van der Waals surface area contributed by atoms with E-state index in [1.165, 1.54) is 18.2 Å². The first-order valence-electron chi connectivity index (χ1n) is 10.8. The Morgan fingerprint density at radius 1 is 0.875 bits per heavy atom. The summed E-state index contributed by atoms with van der Waals surface area (Å²) in [5, 5.41) is 8.96. The fourth-order valence-electron chi connectivity index (χ4n) is 3.63. The number of nitriles is 1. The molecule has 0 radical (unpaired) electrons. The lowest BCUT2D eigenvalue weighted by atomic mass is 10.1. The topological polar surface area (TPSA) is 79.3 Å². The number of benzene rings is 3. The molecule has 5 heteroatoms. The Hall–Kier alpha value is -3.46. The normalized spacial score (nSPS) is 10.7. The standard InChI is InChI=1S/C27H29N3O2/c1-32-27(31)26-14-12-25(13-15-26)20-30(19-24-10-8-23(18-29)9-11-24)16-2-3-21-4-6-22(17-28)7-5-21/h4-15H,2-3,16,18-20,29H2,1H3. The molecule has 3 rings (SSSR count). The second-order valence-corrected chi connectivity index (χ2v) is 7.83. The molecule has 0 aliphatic rings. The van der Waals surface area contributed by atoms with E-state index >= 15 is 0 Å². The van der Waals surface area contributed by atoms with Crippen molar-refractivity contribution in [2.24, 2.45) is 5.73 Å². The van der Waals surface area contributed by atoms with Crippen LogP contribution >= 0.6 is 0 Å². The second-order valence-electron chi connectivity index (χ2n) is 7.83. The van der Waals surface area contributed by atoms with Crippen molar-refractivity contribution >= 4 is 5.97 Å². The van der Waals surface area contributed by atoms with Gasteiger partial charge >= 0.3 is 5.97 Å². The molecule has 0 unspecified atom stereocenters. The van der Waals surface area contributed by atoms with Crippen LogP contribution in [-0.4, -0.2) is 24.5 Å². The molecule has 0 heterocycles. The van der Waals surface area contributed by atoms with Gasteiger partial charge in [-0.3, -0.25) is 4.90 Å². The minimum absolute atomic E-state index is 0.323. The molecule has 0 fully saturated rings. The first-order valence-corrected chi connectivity index (χ1v) is 10.8. The van der Waals surface area contributed by atoms with Crippen molar-refractivity contribution in [1.29, 1.82) is 5.26 Å². The number of nitrogens with zero attached hydrogens (tertiary/aromatic N) is 2. The van der Waals surface area contributed by atoms with Crippen LogP contribution in [0.25, 0.3) is 0 Å². The molecular weight excluding hydrogens is 398 g/mol. The van der Waals surface area contributed by atoms with E-state index in [0.29, 0.717) is 17.7 Å². The van der Waals surface area contributed by atoms with Crippen LogP contribution in [-0.2, 0) is 30.8 Å². The largest absolute Gasteiger partial charge is 0.465 e. The van der Waals surface area contributed by atoms with Crippen molar-refractivity contribution in [3.8, 4) is 6.07 Å². The van der Waals surface area contributed by atoms with Gasteiger partial charge in [0.15, 0.2) is 0 Å². The SMILES string of the molecule is COC(=O)c1ccc(CN(CCCc2ccc(C#N)cc2)Cc2ccc(CN)cc2)cc1. The number of esters is 1. The number of hydrogen-bond acceptors (Lipinski definition) is 5. The molecule has 5 nitrogen and oxygen atoms in total. The summed E-state index contributed by atoms with van der Waals surface area (Å²) in [6, 6.07) is 26.0. The lowest BCUT2D eigenvalue weighted by molar-refractivity contribution is 0.0600. The summed E-state index contributed by atoms with van der Waals surface area (Å²) in [5.41, 5.74) is 11.7. The van der Waals surface area contributed by atoms with Gasteiger partial charge in [0.25, 0.3) is 0 Å². The van der Waals surface area contributed by atoms with Gasteiger partial charge < -0.3 is 10.5 Å². The van der Waals surface area contributed by atoms with Crippen LogP contribution in [0.3, 0.4) is 0 Å². The third-order valence-electron chi connectivity index (χ3n) is 5.47. The fraction of sp³-hybridized carbons (Fsp3) is 0.259. The Balaban J connectivity index is 1.66. The molecule has 3 aromatic rings. The highest BCUT2D eigenvalue weighted by Gasteiger charge is 2.10. The van der Waals surface area contributed by atoms with Gasteiger partial charge in [0.1, 0.15) is 0 Å².